The smallest absolute Gasteiger partial charge is 0.109 e. The zero-order valence-corrected chi connectivity index (χ0v) is 12.7. The molecule has 0 amide bonds. The van der Waals surface area contributed by atoms with Gasteiger partial charge in [0, 0.05) is 13.1 Å². The molecule has 0 aromatic rings. The lowest BCUT2D eigenvalue weighted by atomic mass is 9.87. The Morgan fingerprint density at radius 3 is 2.33 bits per heavy atom. The van der Waals surface area contributed by atoms with Crippen LogP contribution in [0.3, 0.4) is 0 Å². The molecule has 0 bridgehead atoms. The first-order valence-electron chi connectivity index (χ1n) is 7.27. The highest BCUT2D eigenvalue weighted by Crippen LogP contribution is 2.47. The van der Waals surface area contributed by atoms with Crippen LogP contribution in [0.15, 0.2) is 0 Å². The first-order valence-corrected chi connectivity index (χ1v) is 7.27. The van der Waals surface area contributed by atoms with Crippen molar-refractivity contribution in [2.75, 3.05) is 26.2 Å². The highest BCUT2D eigenvalue weighted by molar-refractivity contribution is 5.16. The molecule has 1 aliphatic carbocycles. The second kappa shape index (κ2) is 6.04. The molecule has 0 aliphatic heterocycles. The molecule has 0 aromatic carbocycles. The summed E-state index contributed by atoms with van der Waals surface area (Å²) in [4.78, 5) is 2.39. The van der Waals surface area contributed by atoms with E-state index in [9.17, 15) is 5.26 Å². The van der Waals surface area contributed by atoms with Gasteiger partial charge in [-0.25, -0.2) is 0 Å². The van der Waals surface area contributed by atoms with Crippen LogP contribution in [-0.2, 0) is 0 Å². The fourth-order valence-corrected chi connectivity index (χ4v) is 3.41. The maximum absolute atomic E-state index is 9.57. The Bertz CT molecular complexity index is 301. The predicted molar refractivity (Wildman–Crippen MR) is 76.3 cm³/mol. The van der Waals surface area contributed by atoms with Crippen molar-refractivity contribution >= 4 is 0 Å². The summed E-state index contributed by atoms with van der Waals surface area (Å²) in [7, 11) is 0. The topological polar surface area (TPSA) is 39.1 Å². The Morgan fingerprint density at radius 2 is 1.94 bits per heavy atom. The summed E-state index contributed by atoms with van der Waals surface area (Å²) in [6.45, 7) is 15.2. The molecule has 3 nitrogen and oxygen atoms in total. The summed E-state index contributed by atoms with van der Waals surface area (Å²) >= 11 is 0. The molecule has 2 atom stereocenters. The van der Waals surface area contributed by atoms with Gasteiger partial charge in [-0.1, -0.05) is 34.6 Å². The van der Waals surface area contributed by atoms with Crippen LogP contribution in [0, 0.1) is 22.7 Å². The molecule has 0 radical (unpaired) electrons. The lowest BCUT2D eigenvalue weighted by molar-refractivity contribution is 0.265. The van der Waals surface area contributed by atoms with Gasteiger partial charge in [0.05, 0.1) is 6.07 Å². The first-order chi connectivity index (χ1) is 8.39. The molecule has 0 heterocycles. The lowest BCUT2D eigenvalue weighted by Gasteiger charge is -2.29. The minimum absolute atomic E-state index is 0.289. The summed E-state index contributed by atoms with van der Waals surface area (Å²) in [5.74, 6) is 0.439. The Kier molecular flexibility index (Phi) is 5.19. The van der Waals surface area contributed by atoms with E-state index >= 15 is 0 Å². The third-order valence-electron chi connectivity index (χ3n) is 4.42. The van der Waals surface area contributed by atoms with Crippen LogP contribution < -0.4 is 5.32 Å². The van der Waals surface area contributed by atoms with Crippen LogP contribution in [0.4, 0.5) is 0 Å². The van der Waals surface area contributed by atoms with Gasteiger partial charge in [0.2, 0.25) is 0 Å². The van der Waals surface area contributed by atoms with Crippen molar-refractivity contribution < 1.29 is 0 Å². The Hall–Kier alpha value is -0.590. The second-order valence-electron chi connectivity index (χ2n) is 6.48. The third kappa shape index (κ3) is 3.46. The molecule has 1 fully saturated rings. The first kappa shape index (κ1) is 15.5. The molecular weight excluding hydrogens is 222 g/mol. The van der Waals surface area contributed by atoms with Crippen molar-refractivity contribution in [1.29, 1.82) is 5.26 Å². The van der Waals surface area contributed by atoms with Crippen LogP contribution in [-0.4, -0.2) is 36.6 Å². The lowest BCUT2D eigenvalue weighted by Crippen LogP contribution is -2.49. The molecule has 0 aromatic heterocycles. The summed E-state index contributed by atoms with van der Waals surface area (Å²) in [5, 5.41) is 13.1. The van der Waals surface area contributed by atoms with E-state index in [4.69, 9.17) is 0 Å². The molecule has 1 N–H and O–H groups in total. The minimum Gasteiger partial charge on any atom is -0.303 e. The molecular formula is C15H29N3. The summed E-state index contributed by atoms with van der Waals surface area (Å²) in [6, 6.07) is 2.56. The van der Waals surface area contributed by atoms with Crippen molar-refractivity contribution in [2.24, 2.45) is 11.3 Å². The summed E-state index contributed by atoms with van der Waals surface area (Å²) in [6.07, 6.45) is 2.11. The third-order valence-corrected chi connectivity index (χ3v) is 4.42. The molecule has 0 saturated heterocycles. The van der Waals surface area contributed by atoms with E-state index in [1.54, 1.807) is 0 Å². The molecule has 18 heavy (non-hydrogen) atoms. The quantitative estimate of drug-likeness (QED) is 0.789. The number of nitrogens with one attached hydrogen (secondary N) is 1. The van der Waals surface area contributed by atoms with Crippen LogP contribution in [0.2, 0.25) is 0 Å². The Labute approximate surface area is 113 Å². The number of nitrogens with zero attached hydrogens (tertiary/aromatic N) is 2. The predicted octanol–water partition coefficient (Wildman–Crippen LogP) is 2.64. The van der Waals surface area contributed by atoms with Gasteiger partial charge < -0.3 is 4.90 Å². The number of likely N-dealkylation sites (N-methyl/N-ethyl adjacent to an activating group) is 1. The van der Waals surface area contributed by atoms with E-state index in [2.05, 4.69) is 50.9 Å². The Morgan fingerprint density at radius 1 is 1.33 bits per heavy atom. The van der Waals surface area contributed by atoms with Gasteiger partial charge in [0.1, 0.15) is 5.54 Å². The molecule has 1 rings (SSSR count). The summed E-state index contributed by atoms with van der Waals surface area (Å²) in [5.41, 5.74) is -0.0198. The minimum atomic E-state index is -0.309. The monoisotopic (exact) mass is 251 g/mol. The molecule has 104 valence electrons. The van der Waals surface area contributed by atoms with E-state index < -0.39 is 0 Å². The molecule has 1 aliphatic rings. The second-order valence-corrected chi connectivity index (χ2v) is 6.48. The largest absolute Gasteiger partial charge is 0.303 e. The highest BCUT2D eigenvalue weighted by Gasteiger charge is 2.48. The van der Waals surface area contributed by atoms with E-state index in [-0.39, 0.29) is 11.0 Å². The average Bonchev–Trinajstić information content (AvgIpc) is 2.55. The van der Waals surface area contributed by atoms with Gasteiger partial charge in [0.15, 0.2) is 0 Å². The zero-order valence-electron chi connectivity index (χ0n) is 12.7. The van der Waals surface area contributed by atoms with Crippen molar-refractivity contribution in [3.63, 3.8) is 0 Å². The van der Waals surface area contributed by atoms with Gasteiger partial charge in [-0.05, 0) is 37.3 Å². The van der Waals surface area contributed by atoms with Crippen LogP contribution in [0.25, 0.3) is 0 Å². The van der Waals surface area contributed by atoms with Gasteiger partial charge in [-0.3, -0.25) is 5.32 Å². The normalized spacial score (nSPS) is 30.6. The van der Waals surface area contributed by atoms with E-state index in [0.29, 0.717) is 5.92 Å². The molecule has 3 heteroatoms. The zero-order chi connectivity index (χ0) is 13.8. The molecule has 2 unspecified atom stereocenters. The summed E-state index contributed by atoms with van der Waals surface area (Å²) < 4.78 is 0. The van der Waals surface area contributed by atoms with Crippen molar-refractivity contribution in [3.05, 3.63) is 0 Å². The van der Waals surface area contributed by atoms with Crippen molar-refractivity contribution in [2.45, 2.75) is 53.0 Å². The van der Waals surface area contributed by atoms with E-state index in [0.717, 1.165) is 39.0 Å². The number of nitriles is 1. The van der Waals surface area contributed by atoms with Gasteiger partial charge >= 0.3 is 0 Å². The van der Waals surface area contributed by atoms with Gasteiger partial charge in [-0.2, -0.15) is 5.26 Å². The number of rotatable bonds is 6. The SMILES string of the molecule is CCN(CC)CCNC1(C#N)CC(C)(C)CC1C. The maximum atomic E-state index is 9.57. The van der Waals surface area contributed by atoms with Crippen molar-refractivity contribution in [3.8, 4) is 6.07 Å². The molecule has 1 saturated carbocycles. The van der Waals surface area contributed by atoms with Crippen molar-refractivity contribution in [1.82, 2.24) is 10.2 Å². The van der Waals surface area contributed by atoms with E-state index in [1.165, 1.54) is 0 Å². The number of hydrogen-bond acceptors (Lipinski definition) is 3. The van der Waals surface area contributed by atoms with Crippen LogP contribution in [0.1, 0.15) is 47.5 Å². The van der Waals surface area contributed by atoms with Gasteiger partial charge in [0.25, 0.3) is 0 Å². The standard InChI is InChI=1S/C15H29N3/c1-6-18(7-2)9-8-17-15(12-16)11-14(4,5)10-13(15)3/h13,17H,6-11H2,1-5H3. The molecule has 0 spiro atoms. The fraction of sp³-hybridized carbons (Fsp3) is 0.933. The average molecular weight is 251 g/mol. The van der Waals surface area contributed by atoms with Crippen LogP contribution >= 0.6 is 0 Å². The maximum Gasteiger partial charge on any atom is 0.109 e. The van der Waals surface area contributed by atoms with Gasteiger partial charge in [-0.15, -0.1) is 0 Å². The number of hydrogen-bond donors (Lipinski definition) is 1. The van der Waals surface area contributed by atoms with E-state index in [1.807, 2.05) is 0 Å². The Balaban J connectivity index is 2.55. The van der Waals surface area contributed by atoms with Crippen LogP contribution in [0.5, 0.6) is 0 Å². The highest BCUT2D eigenvalue weighted by atomic mass is 15.1. The fourth-order valence-electron chi connectivity index (χ4n) is 3.41.